The van der Waals surface area contributed by atoms with Gasteiger partial charge in [-0.1, -0.05) is 20.3 Å². The van der Waals surface area contributed by atoms with Crippen molar-refractivity contribution in [2.45, 2.75) is 69.2 Å². The van der Waals surface area contributed by atoms with Crippen molar-refractivity contribution in [3.05, 3.63) is 0 Å². The first-order valence-electron chi connectivity index (χ1n) is 6.95. The molecule has 1 aliphatic rings. The molecule has 0 heterocycles. The van der Waals surface area contributed by atoms with Gasteiger partial charge in [-0.05, 0) is 32.1 Å². The van der Waals surface area contributed by atoms with Gasteiger partial charge in [-0.15, -0.1) is 0 Å². The third kappa shape index (κ3) is 3.92. The smallest absolute Gasteiger partial charge is 0.323 e. The maximum Gasteiger partial charge on any atom is 0.323 e. The van der Waals surface area contributed by atoms with Gasteiger partial charge in [0.2, 0.25) is 0 Å². The highest BCUT2D eigenvalue weighted by Crippen LogP contribution is 2.27. The Hall–Kier alpha value is -0.620. The van der Waals surface area contributed by atoms with Crippen molar-refractivity contribution < 1.29 is 18.3 Å². The molecule has 6 heteroatoms. The van der Waals surface area contributed by atoms with E-state index in [1.165, 1.54) is 6.26 Å². The second-order valence-corrected chi connectivity index (χ2v) is 7.88. The Morgan fingerprint density at radius 1 is 1.32 bits per heavy atom. The summed E-state index contributed by atoms with van der Waals surface area (Å²) in [5, 5.41) is 12.3. The highest BCUT2D eigenvalue weighted by molar-refractivity contribution is 7.91. The van der Waals surface area contributed by atoms with Crippen LogP contribution in [0.5, 0.6) is 0 Å². The molecule has 1 saturated carbocycles. The molecule has 19 heavy (non-hydrogen) atoms. The summed E-state index contributed by atoms with van der Waals surface area (Å²) in [6.45, 7) is 3.70. The van der Waals surface area contributed by atoms with Crippen molar-refractivity contribution >= 4 is 15.8 Å². The van der Waals surface area contributed by atoms with Crippen molar-refractivity contribution in [3.8, 4) is 0 Å². The quantitative estimate of drug-likeness (QED) is 0.776. The van der Waals surface area contributed by atoms with Crippen LogP contribution in [0.4, 0.5) is 0 Å². The number of carboxylic acids is 1. The first-order chi connectivity index (χ1) is 8.75. The highest BCUT2D eigenvalue weighted by Gasteiger charge is 2.39. The zero-order valence-corrected chi connectivity index (χ0v) is 12.8. The van der Waals surface area contributed by atoms with E-state index >= 15 is 0 Å². The molecule has 0 aromatic heterocycles. The topological polar surface area (TPSA) is 83.5 Å². The van der Waals surface area contributed by atoms with E-state index in [0.717, 1.165) is 12.8 Å². The molecular formula is C13H25NO4S. The molecule has 2 unspecified atom stereocenters. The van der Waals surface area contributed by atoms with Crippen LogP contribution in [0.1, 0.15) is 52.4 Å². The number of hydrogen-bond acceptors (Lipinski definition) is 4. The lowest BCUT2D eigenvalue weighted by molar-refractivity contribution is -0.145. The van der Waals surface area contributed by atoms with Crippen LogP contribution in [0.15, 0.2) is 0 Å². The van der Waals surface area contributed by atoms with Gasteiger partial charge >= 0.3 is 5.97 Å². The van der Waals surface area contributed by atoms with Gasteiger partial charge in [0.1, 0.15) is 15.4 Å². The summed E-state index contributed by atoms with van der Waals surface area (Å²) >= 11 is 0. The molecular weight excluding hydrogens is 266 g/mol. The molecule has 0 spiro atoms. The third-order valence-corrected chi connectivity index (χ3v) is 5.97. The van der Waals surface area contributed by atoms with Gasteiger partial charge in [0.15, 0.2) is 0 Å². The van der Waals surface area contributed by atoms with Crippen LogP contribution >= 0.6 is 0 Å². The van der Waals surface area contributed by atoms with Crippen LogP contribution in [0.3, 0.4) is 0 Å². The third-order valence-electron chi connectivity index (χ3n) is 4.33. The number of hydrogen-bond donors (Lipinski definition) is 2. The Balaban J connectivity index is 2.78. The van der Waals surface area contributed by atoms with E-state index in [2.05, 4.69) is 5.32 Å². The van der Waals surface area contributed by atoms with E-state index in [0.29, 0.717) is 25.7 Å². The van der Waals surface area contributed by atoms with Gasteiger partial charge < -0.3 is 5.11 Å². The van der Waals surface area contributed by atoms with Crippen LogP contribution in [-0.2, 0) is 14.6 Å². The lowest BCUT2D eigenvalue weighted by Crippen LogP contribution is -2.56. The van der Waals surface area contributed by atoms with E-state index in [1.807, 2.05) is 13.8 Å². The molecule has 0 bridgehead atoms. The molecule has 0 saturated heterocycles. The van der Waals surface area contributed by atoms with E-state index < -0.39 is 21.3 Å². The second-order valence-electron chi connectivity index (χ2n) is 5.55. The fourth-order valence-corrected chi connectivity index (χ4v) is 4.05. The minimum absolute atomic E-state index is 0.0236. The molecule has 1 rings (SSSR count). The normalized spacial score (nSPS) is 25.2. The number of aliphatic carboxylic acids is 1. The second kappa shape index (κ2) is 6.22. The fourth-order valence-electron chi connectivity index (χ4n) is 2.87. The minimum atomic E-state index is -3.04. The van der Waals surface area contributed by atoms with Crippen LogP contribution in [0.25, 0.3) is 0 Å². The zero-order chi connectivity index (χ0) is 14.7. The summed E-state index contributed by atoms with van der Waals surface area (Å²) in [6.07, 6.45) is 5.16. The molecule has 0 radical (unpaired) electrons. The molecule has 5 nitrogen and oxygen atoms in total. The van der Waals surface area contributed by atoms with Gasteiger partial charge in [-0.2, -0.15) is 0 Å². The minimum Gasteiger partial charge on any atom is -0.480 e. The van der Waals surface area contributed by atoms with Crippen molar-refractivity contribution in [2.24, 2.45) is 0 Å². The highest BCUT2D eigenvalue weighted by atomic mass is 32.2. The van der Waals surface area contributed by atoms with Crippen molar-refractivity contribution in [3.63, 3.8) is 0 Å². The number of carbonyl (C=O) groups is 1. The van der Waals surface area contributed by atoms with Crippen molar-refractivity contribution in [1.82, 2.24) is 5.32 Å². The lowest BCUT2D eigenvalue weighted by atomic mass is 9.87. The van der Waals surface area contributed by atoms with E-state index in [1.54, 1.807) is 0 Å². The van der Waals surface area contributed by atoms with Crippen LogP contribution in [0.2, 0.25) is 0 Å². The summed E-state index contributed by atoms with van der Waals surface area (Å²) < 4.78 is 23.3. The predicted octanol–water partition coefficient (Wildman–Crippen LogP) is 1.58. The molecule has 1 aliphatic carbocycles. The monoisotopic (exact) mass is 291 g/mol. The Morgan fingerprint density at radius 2 is 1.89 bits per heavy atom. The maximum absolute atomic E-state index is 11.6. The van der Waals surface area contributed by atoms with Crippen LogP contribution in [0, 0.1) is 0 Å². The Bertz CT molecular complexity index is 414. The molecule has 0 amide bonds. The average molecular weight is 291 g/mol. The molecule has 2 atom stereocenters. The summed E-state index contributed by atoms with van der Waals surface area (Å²) in [5.74, 6) is -0.848. The van der Waals surface area contributed by atoms with Crippen molar-refractivity contribution in [2.75, 3.05) is 6.26 Å². The van der Waals surface area contributed by atoms with Gasteiger partial charge in [-0.3, -0.25) is 10.1 Å². The summed E-state index contributed by atoms with van der Waals surface area (Å²) in [6, 6.07) is -0.0236. The number of rotatable bonds is 6. The molecule has 0 aromatic carbocycles. The fraction of sp³-hybridized carbons (Fsp3) is 0.923. The largest absolute Gasteiger partial charge is 0.480 e. The van der Waals surface area contributed by atoms with E-state index in [4.69, 9.17) is 0 Å². The Kier molecular flexibility index (Phi) is 5.38. The molecule has 0 aromatic rings. The van der Waals surface area contributed by atoms with E-state index in [-0.39, 0.29) is 11.3 Å². The summed E-state index contributed by atoms with van der Waals surface area (Å²) in [4.78, 5) is 11.5. The lowest BCUT2D eigenvalue weighted by Gasteiger charge is -2.37. The number of carboxylic acid groups (broad SMARTS) is 1. The molecule has 112 valence electrons. The Morgan fingerprint density at radius 3 is 2.32 bits per heavy atom. The van der Waals surface area contributed by atoms with Crippen LogP contribution in [-0.4, -0.2) is 42.6 Å². The molecule has 1 fully saturated rings. The van der Waals surface area contributed by atoms with E-state index in [9.17, 15) is 18.3 Å². The standard InChI is InChI=1S/C13H25NO4S/c1-4-13(5-2,12(15)16)14-10-7-6-8-11(9-10)19(3,17)18/h10-11,14H,4-9H2,1-3H3,(H,15,16). The first kappa shape index (κ1) is 16.4. The van der Waals surface area contributed by atoms with Crippen molar-refractivity contribution in [1.29, 1.82) is 0 Å². The van der Waals surface area contributed by atoms with Gasteiger partial charge in [0.05, 0.1) is 5.25 Å². The predicted molar refractivity (Wildman–Crippen MR) is 75.0 cm³/mol. The van der Waals surface area contributed by atoms with Crippen LogP contribution < -0.4 is 5.32 Å². The van der Waals surface area contributed by atoms with Gasteiger partial charge in [-0.25, -0.2) is 8.42 Å². The Labute approximate surface area is 115 Å². The summed E-state index contributed by atoms with van der Waals surface area (Å²) in [7, 11) is -3.04. The maximum atomic E-state index is 11.6. The molecule has 0 aliphatic heterocycles. The van der Waals surface area contributed by atoms with Gasteiger partial charge in [0.25, 0.3) is 0 Å². The van der Waals surface area contributed by atoms with Gasteiger partial charge in [0, 0.05) is 12.3 Å². The zero-order valence-electron chi connectivity index (χ0n) is 12.0. The number of sulfone groups is 1. The number of nitrogens with one attached hydrogen (secondary N) is 1. The summed E-state index contributed by atoms with van der Waals surface area (Å²) in [5.41, 5.74) is -0.927. The average Bonchev–Trinajstić information content (AvgIpc) is 2.35. The first-order valence-corrected chi connectivity index (χ1v) is 8.90. The molecule has 2 N–H and O–H groups in total. The SMILES string of the molecule is CCC(CC)(NC1CCCC(S(C)(=O)=O)C1)C(=O)O.